The monoisotopic (exact) mass is 274 g/mol. The maximum atomic E-state index is 4.71. The molecule has 0 aliphatic carbocycles. The highest BCUT2D eigenvalue weighted by Crippen LogP contribution is 2.22. The van der Waals surface area contributed by atoms with Gasteiger partial charge in [0, 0.05) is 23.9 Å². The topological polar surface area (TPSA) is 24.9 Å². The number of hydrogen-bond donors (Lipinski definition) is 1. The normalized spacial score (nSPS) is 10.8. The molecule has 0 unspecified atom stereocenters. The van der Waals surface area contributed by atoms with Gasteiger partial charge in [-0.1, -0.05) is 38.1 Å². The highest BCUT2D eigenvalue weighted by molar-refractivity contribution is 7.09. The smallest absolute Gasteiger partial charge is 0.0945 e. The van der Waals surface area contributed by atoms with Crippen molar-refractivity contribution < 1.29 is 0 Å². The summed E-state index contributed by atoms with van der Waals surface area (Å²) in [5.74, 6) is 0. The summed E-state index contributed by atoms with van der Waals surface area (Å²) in [5, 5.41) is 6.80. The molecule has 0 aliphatic heterocycles. The van der Waals surface area contributed by atoms with Crippen LogP contribution < -0.4 is 5.32 Å². The van der Waals surface area contributed by atoms with Crippen molar-refractivity contribution in [1.82, 2.24) is 10.3 Å². The van der Waals surface area contributed by atoms with Crippen molar-refractivity contribution in [2.75, 3.05) is 13.1 Å². The minimum atomic E-state index is 1.02. The predicted molar refractivity (Wildman–Crippen MR) is 83.8 cm³/mol. The largest absolute Gasteiger partial charge is 0.316 e. The van der Waals surface area contributed by atoms with E-state index in [1.807, 2.05) is 0 Å². The van der Waals surface area contributed by atoms with Gasteiger partial charge in [0.25, 0.3) is 0 Å². The molecule has 0 saturated heterocycles. The first-order valence-electron chi connectivity index (χ1n) is 7.08. The summed E-state index contributed by atoms with van der Waals surface area (Å²) in [6.45, 7) is 6.49. The molecule has 0 bridgehead atoms. The molecule has 1 aromatic heterocycles. The second kappa shape index (κ2) is 7.41. The van der Waals surface area contributed by atoms with Crippen molar-refractivity contribution in [2.45, 2.75) is 33.1 Å². The summed E-state index contributed by atoms with van der Waals surface area (Å²) in [5.41, 5.74) is 3.71. The quantitative estimate of drug-likeness (QED) is 0.774. The van der Waals surface area contributed by atoms with Crippen LogP contribution in [0.2, 0.25) is 0 Å². The molecule has 2 nitrogen and oxygen atoms in total. The Balaban J connectivity index is 1.95. The molecular formula is C16H22N2S. The lowest BCUT2D eigenvalue weighted by atomic mass is 10.1. The van der Waals surface area contributed by atoms with E-state index in [1.165, 1.54) is 22.6 Å². The highest BCUT2D eigenvalue weighted by atomic mass is 32.1. The van der Waals surface area contributed by atoms with Crippen LogP contribution in [0.1, 0.15) is 30.8 Å². The molecule has 0 amide bonds. The number of nitrogens with zero attached hydrogens (tertiary/aromatic N) is 1. The Bertz CT molecular complexity index is 488. The fourth-order valence-corrected chi connectivity index (χ4v) is 2.77. The van der Waals surface area contributed by atoms with Gasteiger partial charge < -0.3 is 5.32 Å². The van der Waals surface area contributed by atoms with E-state index in [0.29, 0.717) is 0 Å². The summed E-state index contributed by atoms with van der Waals surface area (Å²) >= 11 is 1.76. The predicted octanol–water partition coefficient (Wildman–Crippen LogP) is 3.91. The Morgan fingerprint density at radius 3 is 2.58 bits per heavy atom. The number of aromatic nitrogens is 1. The molecule has 0 radical (unpaired) electrons. The summed E-state index contributed by atoms with van der Waals surface area (Å²) in [6, 6.07) is 8.73. The Hall–Kier alpha value is -1.19. The van der Waals surface area contributed by atoms with Gasteiger partial charge >= 0.3 is 0 Å². The average molecular weight is 274 g/mol. The standard InChI is InChI=1S/C16H22N2S/c1-3-10-17-11-9-16-18-15(12-19-16)14-7-5-13(4-2)6-8-14/h5-8,12,17H,3-4,9-11H2,1-2H3. The first kappa shape index (κ1) is 14.2. The third-order valence-corrected chi connectivity index (χ3v) is 4.06. The van der Waals surface area contributed by atoms with Crippen LogP contribution >= 0.6 is 11.3 Å². The van der Waals surface area contributed by atoms with Gasteiger partial charge in [0.05, 0.1) is 10.7 Å². The van der Waals surface area contributed by atoms with Gasteiger partial charge in [-0.05, 0) is 24.9 Å². The van der Waals surface area contributed by atoms with Gasteiger partial charge in [0.15, 0.2) is 0 Å². The van der Waals surface area contributed by atoms with Crippen LogP contribution in [0.25, 0.3) is 11.3 Å². The summed E-state index contributed by atoms with van der Waals surface area (Å²) in [7, 11) is 0. The minimum absolute atomic E-state index is 1.02. The Morgan fingerprint density at radius 1 is 1.11 bits per heavy atom. The molecule has 1 heterocycles. The van der Waals surface area contributed by atoms with Gasteiger partial charge in [0.2, 0.25) is 0 Å². The molecule has 2 aromatic rings. The van der Waals surface area contributed by atoms with Crippen molar-refractivity contribution in [3.8, 4) is 11.3 Å². The zero-order valence-corrected chi connectivity index (χ0v) is 12.6. The van der Waals surface area contributed by atoms with Crippen LogP contribution in [-0.4, -0.2) is 18.1 Å². The maximum absolute atomic E-state index is 4.71. The van der Waals surface area contributed by atoms with Gasteiger partial charge in [0.1, 0.15) is 0 Å². The molecule has 1 N–H and O–H groups in total. The van der Waals surface area contributed by atoms with E-state index in [9.17, 15) is 0 Å². The molecule has 3 heteroatoms. The summed E-state index contributed by atoms with van der Waals surface area (Å²) < 4.78 is 0. The fourth-order valence-electron chi connectivity index (χ4n) is 1.97. The van der Waals surface area contributed by atoms with Gasteiger partial charge in [-0.2, -0.15) is 0 Å². The molecule has 102 valence electrons. The minimum Gasteiger partial charge on any atom is -0.316 e. The first-order valence-corrected chi connectivity index (χ1v) is 7.96. The van der Waals surface area contributed by atoms with Crippen LogP contribution in [0.5, 0.6) is 0 Å². The third kappa shape index (κ3) is 4.15. The molecule has 2 rings (SSSR count). The Kier molecular flexibility index (Phi) is 5.55. The lowest BCUT2D eigenvalue weighted by molar-refractivity contribution is 0.670. The van der Waals surface area contributed by atoms with E-state index in [0.717, 1.165) is 31.6 Å². The molecule has 0 fully saturated rings. The van der Waals surface area contributed by atoms with E-state index in [2.05, 4.69) is 48.8 Å². The number of thiazole rings is 1. The molecular weight excluding hydrogens is 252 g/mol. The molecule has 0 saturated carbocycles. The van der Waals surface area contributed by atoms with Crippen LogP contribution in [0.4, 0.5) is 0 Å². The van der Waals surface area contributed by atoms with E-state index in [1.54, 1.807) is 11.3 Å². The van der Waals surface area contributed by atoms with E-state index in [4.69, 9.17) is 4.98 Å². The molecule has 0 spiro atoms. The van der Waals surface area contributed by atoms with Crippen LogP contribution in [0.15, 0.2) is 29.6 Å². The Labute approximate surface area is 119 Å². The molecule has 19 heavy (non-hydrogen) atoms. The number of nitrogens with one attached hydrogen (secondary N) is 1. The van der Waals surface area contributed by atoms with Crippen LogP contribution in [0.3, 0.4) is 0 Å². The number of hydrogen-bond acceptors (Lipinski definition) is 3. The van der Waals surface area contributed by atoms with Crippen molar-refractivity contribution in [3.05, 3.63) is 40.2 Å². The Morgan fingerprint density at radius 2 is 1.89 bits per heavy atom. The average Bonchev–Trinajstić information content (AvgIpc) is 2.92. The van der Waals surface area contributed by atoms with Gasteiger partial charge in [-0.3, -0.25) is 0 Å². The van der Waals surface area contributed by atoms with Crippen molar-refractivity contribution in [2.24, 2.45) is 0 Å². The second-order valence-corrected chi connectivity index (χ2v) is 5.62. The summed E-state index contributed by atoms with van der Waals surface area (Å²) in [4.78, 5) is 4.71. The SMILES string of the molecule is CCCNCCc1nc(-c2ccc(CC)cc2)cs1. The van der Waals surface area contributed by atoms with E-state index < -0.39 is 0 Å². The van der Waals surface area contributed by atoms with E-state index >= 15 is 0 Å². The molecule has 0 aliphatic rings. The van der Waals surface area contributed by atoms with Gasteiger partial charge in [-0.15, -0.1) is 11.3 Å². The van der Waals surface area contributed by atoms with Gasteiger partial charge in [-0.25, -0.2) is 4.98 Å². The molecule has 1 aromatic carbocycles. The second-order valence-electron chi connectivity index (χ2n) is 4.68. The zero-order valence-electron chi connectivity index (χ0n) is 11.8. The number of rotatable bonds is 7. The first-order chi connectivity index (χ1) is 9.33. The third-order valence-electron chi connectivity index (χ3n) is 3.15. The van der Waals surface area contributed by atoms with Crippen LogP contribution in [-0.2, 0) is 12.8 Å². The number of aryl methyl sites for hydroxylation is 1. The maximum Gasteiger partial charge on any atom is 0.0945 e. The lowest BCUT2D eigenvalue weighted by Gasteiger charge is -2.00. The van der Waals surface area contributed by atoms with E-state index in [-0.39, 0.29) is 0 Å². The summed E-state index contributed by atoms with van der Waals surface area (Å²) in [6.07, 6.45) is 3.30. The van der Waals surface area contributed by atoms with Crippen molar-refractivity contribution in [3.63, 3.8) is 0 Å². The van der Waals surface area contributed by atoms with Crippen molar-refractivity contribution >= 4 is 11.3 Å². The fraction of sp³-hybridized carbons (Fsp3) is 0.438. The lowest BCUT2D eigenvalue weighted by Crippen LogP contribution is -2.17. The molecule has 0 atom stereocenters. The van der Waals surface area contributed by atoms with Crippen molar-refractivity contribution in [1.29, 1.82) is 0 Å². The zero-order chi connectivity index (χ0) is 13.5. The number of benzene rings is 1. The van der Waals surface area contributed by atoms with Crippen LogP contribution in [0, 0.1) is 0 Å². The highest BCUT2D eigenvalue weighted by Gasteiger charge is 2.04.